The van der Waals surface area contributed by atoms with Gasteiger partial charge in [0, 0.05) is 11.1 Å². The number of carbonyl (C=O) groups is 4. The summed E-state index contributed by atoms with van der Waals surface area (Å²) in [6.07, 6.45) is 0. The summed E-state index contributed by atoms with van der Waals surface area (Å²) in [7, 11) is 0. The van der Waals surface area contributed by atoms with Gasteiger partial charge in [-0.05, 0) is 23.3 Å². The Hall–Kier alpha value is -3.86. The van der Waals surface area contributed by atoms with E-state index in [0.717, 1.165) is 5.56 Å². The number of hydrogen-bond acceptors (Lipinski definition) is 4. The normalized spacial score (nSPS) is 15.8. The van der Waals surface area contributed by atoms with Gasteiger partial charge in [-0.3, -0.25) is 24.1 Å². The van der Waals surface area contributed by atoms with Crippen molar-refractivity contribution in [1.82, 2.24) is 4.90 Å². The average molecular weight is 381 g/mol. The topological polar surface area (TPSA) is 71.5 Å². The number of imide groups is 1. The molecule has 1 aliphatic heterocycles. The number of hydrogen-bond donors (Lipinski definition) is 0. The molecule has 5 heteroatoms. The molecule has 5 rings (SSSR count). The van der Waals surface area contributed by atoms with Crippen LogP contribution < -0.4 is 0 Å². The second-order valence-corrected chi connectivity index (χ2v) is 7.19. The SMILES string of the molecule is O=C1c2ccccc2C(=O)C1c1ccc(CN2C(=O)c3ccccc3C2=O)cc1. The smallest absolute Gasteiger partial charge is 0.261 e. The van der Waals surface area contributed by atoms with Gasteiger partial charge in [0.1, 0.15) is 5.92 Å². The molecule has 0 radical (unpaired) electrons. The summed E-state index contributed by atoms with van der Waals surface area (Å²) in [5.41, 5.74) is 3.10. The molecule has 0 N–H and O–H groups in total. The van der Waals surface area contributed by atoms with Crippen molar-refractivity contribution in [1.29, 1.82) is 0 Å². The molecule has 1 heterocycles. The molecule has 0 fully saturated rings. The first-order valence-electron chi connectivity index (χ1n) is 9.28. The molecule has 0 saturated carbocycles. The highest BCUT2D eigenvalue weighted by molar-refractivity contribution is 6.29. The van der Waals surface area contributed by atoms with Crippen LogP contribution in [0.3, 0.4) is 0 Å². The van der Waals surface area contributed by atoms with Crippen molar-refractivity contribution in [2.24, 2.45) is 0 Å². The van der Waals surface area contributed by atoms with Crippen LogP contribution >= 0.6 is 0 Å². The number of nitrogens with zero attached hydrogens (tertiary/aromatic N) is 1. The number of amides is 2. The summed E-state index contributed by atoms with van der Waals surface area (Å²) in [5.74, 6) is -1.85. The minimum absolute atomic E-state index is 0.138. The molecule has 0 spiro atoms. The summed E-state index contributed by atoms with van der Waals surface area (Å²) in [5, 5.41) is 0. The van der Waals surface area contributed by atoms with Crippen LogP contribution in [0.1, 0.15) is 58.5 Å². The summed E-state index contributed by atoms with van der Waals surface area (Å²) in [6.45, 7) is 0.138. The zero-order valence-electron chi connectivity index (χ0n) is 15.3. The highest BCUT2D eigenvalue weighted by atomic mass is 16.2. The molecule has 1 aliphatic carbocycles. The fourth-order valence-corrected chi connectivity index (χ4v) is 4.03. The van der Waals surface area contributed by atoms with Gasteiger partial charge >= 0.3 is 0 Å². The molecular weight excluding hydrogens is 366 g/mol. The monoisotopic (exact) mass is 381 g/mol. The zero-order valence-corrected chi connectivity index (χ0v) is 15.3. The summed E-state index contributed by atoms with van der Waals surface area (Å²) in [4.78, 5) is 51.6. The van der Waals surface area contributed by atoms with Gasteiger partial charge < -0.3 is 0 Å². The second-order valence-electron chi connectivity index (χ2n) is 7.19. The molecule has 0 atom stereocenters. The third-order valence-electron chi connectivity index (χ3n) is 5.51. The molecule has 140 valence electrons. The average Bonchev–Trinajstić information content (AvgIpc) is 3.15. The molecule has 3 aromatic carbocycles. The van der Waals surface area contributed by atoms with Crippen LogP contribution in [0.4, 0.5) is 0 Å². The van der Waals surface area contributed by atoms with E-state index in [1.54, 1.807) is 72.8 Å². The van der Waals surface area contributed by atoms with Crippen LogP contribution in [0.2, 0.25) is 0 Å². The van der Waals surface area contributed by atoms with Crippen LogP contribution in [0, 0.1) is 0 Å². The zero-order chi connectivity index (χ0) is 20.1. The number of Topliss-reactive ketones (excluding diaryl/α,β-unsaturated/α-hetero) is 2. The van der Waals surface area contributed by atoms with E-state index in [2.05, 4.69) is 0 Å². The van der Waals surface area contributed by atoms with Gasteiger partial charge in [0.05, 0.1) is 17.7 Å². The van der Waals surface area contributed by atoms with Crippen LogP contribution in [-0.2, 0) is 6.54 Å². The molecule has 0 aromatic heterocycles. The fourth-order valence-electron chi connectivity index (χ4n) is 4.03. The van der Waals surface area contributed by atoms with Crippen LogP contribution in [-0.4, -0.2) is 28.3 Å². The predicted molar refractivity (Wildman–Crippen MR) is 105 cm³/mol. The van der Waals surface area contributed by atoms with E-state index in [4.69, 9.17) is 0 Å². The van der Waals surface area contributed by atoms with Gasteiger partial charge in [0.25, 0.3) is 11.8 Å². The lowest BCUT2D eigenvalue weighted by molar-refractivity contribution is 0.0641. The Bertz CT molecular complexity index is 1140. The maximum absolute atomic E-state index is 12.7. The highest BCUT2D eigenvalue weighted by Gasteiger charge is 2.39. The number of ketones is 2. The van der Waals surface area contributed by atoms with E-state index in [1.165, 1.54) is 4.90 Å². The summed E-state index contributed by atoms with van der Waals surface area (Å²) >= 11 is 0. The third kappa shape index (κ3) is 2.55. The first-order chi connectivity index (χ1) is 14.1. The van der Waals surface area contributed by atoms with E-state index < -0.39 is 5.92 Å². The number of benzene rings is 3. The lowest BCUT2D eigenvalue weighted by Gasteiger charge is -2.15. The molecular formula is C24H15NO4. The molecule has 2 aliphatic rings. The third-order valence-corrected chi connectivity index (χ3v) is 5.51. The Morgan fingerprint density at radius 2 is 1.03 bits per heavy atom. The van der Waals surface area contributed by atoms with Gasteiger partial charge in [-0.2, -0.15) is 0 Å². The van der Waals surface area contributed by atoms with E-state index in [9.17, 15) is 19.2 Å². The van der Waals surface area contributed by atoms with Gasteiger partial charge in [-0.15, -0.1) is 0 Å². The van der Waals surface area contributed by atoms with E-state index in [0.29, 0.717) is 27.8 Å². The maximum Gasteiger partial charge on any atom is 0.261 e. The summed E-state index contributed by atoms with van der Waals surface area (Å²) < 4.78 is 0. The Labute approximate surface area is 166 Å². The molecule has 0 unspecified atom stereocenters. The maximum atomic E-state index is 12.7. The van der Waals surface area contributed by atoms with Gasteiger partial charge in [-0.1, -0.05) is 60.7 Å². The molecule has 2 amide bonds. The van der Waals surface area contributed by atoms with Crippen molar-refractivity contribution in [2.75, 3.05) is 0 Å². The molecule has 29 heavy (non-hydrogen) atoms. The fraction of sp³-hybridized carbons (Fsp3) is 0.0833. The Kier molecular flexibility index (Phi) is 3.77. The van der Waals surface area contributed by atoms with Crippen molar-refractivity contribution in [2.45, 2.75) is 12.5 Å². The lowest BCUT2D eigenvalue weighted by atomic mass is 9.93. The van der Waals surface area contributed by atoms with E-state index >= 15 is 0 Å². The van der Waals surface area contributed by atoms with Crippen molar-refractivity contribution in [3.8, 4) is 0 Å². The highest BCUT2D eigenvalue weighted by Crippen LogP contribution is 2.34. The predicted octanol–water partition coefficient (Wildman–Crippen LogP) is 3.65. The van der Waals surface area contributed by atoms with Crippen molar-refractivity contribution >= 4 is 23.4 Å². The van der Waals surface area contributed by atoms with Crippen LogP contribution in [0.15, 0.2) is 72.8 Å². The van der Waals surface area contributed by atoms with Gasteiger partial charge in [0.15, 0.2) is 11.6 Å². The molecule has 0 bridgehead atoms. The largest absolute Gasteiger partial charge is 0.293 e. The molecule has 3 aromatic rings. The van der Waals surface area contributed by atoms with Crippen LogP contribution in [0.25, 0.3) is 0 Å². The Balaban J connectivity index is 1.39. The molecule has 5 nitrogen and oxygen atoms in total. The minimum Gasteiger partial charge on any atom is -0.293 e. The standard InChI is InChI=1S/C24H15NO4/c26-21-16-5-1-2-6-17(16)22(27)20(21)15-11-9-14(10-12-15)13-25-23(28)18-7-3-4-8-19(18)24(25)29/h1-12,20H,13H2. The first kappa shape index (κ1) is 17.3. The first-order valence-corrected chi connectivity index (χ1v) is 9.28. The second kappa shape index (κ2) is 6.34. The minimum atomic E-state index is -0.833. The van der Waals surface area contributed by atoms with Crippen LogP contribution in [0.5, 0.6) is 0 Å². The number of fused-ring (bicyclic) bond motifs is 2. The summed E-state index contributed by atoms with van der Waals surface area (Å²) in [6, 6.07) is 20.5. The van der Waals surface area contributed by atoms with E-state index in [-0.39, 0.29) is 29.9 Å². The van der Waals surface area contributed by atoms with Crippen molar-refractivity contribution < 1.29 is 19.2 Å². The van der Waals surface area contributed by atoms with Crippen molar-refractivity contribution in [3.63, 3.8) is 0 Å². The Morgan fingerprint density at radius 3 is 1.52 bits per heavy atom. The van der Waals surface area contributed by atoms with Crippen molar-refractivity contribution in [3.05, 3.63) is 106 Å². The van der Waals surface area contributed by atoms with Gasteiger partial charge in [0.2, 0.25) is 0 Å². The number of rotatable bonds is 3. The van der Waals surface area contributed by atoms with Gasteiger partial charge in [-0.25, -0.2) is 0 Å². The lowest BCUT2D eigenvalue weighted by Crippen LogP contribution is -2.29. The quantitative estimate of drug-likeness (QED) is 0.513. The van der Waals surface area contributed by atoms with E-state index in [1.807, 2.05) is 0 Å². The Morgan fingerprint density at radius 1 is 0.586 bits per heavy atom. The number of carbonyl (C=O) groups excluding carboxylic acids is 4. The molecule has 0 saturated heterocycles.